The average Bonchev–Trinajstić information content (AvgIpc) is 2.98. The molecule has 1 saturated heterocycles. The Hall–Kier alpha value is -0.860. The highest BCUT2D eigenvalue weighted by Crippen LogP contribution is 2.41. The van der Waals surface area contributed by atoms with Crippen LogP contribution in [0.2, 0.25) is 0 Å². The summed E-state index contributed by atoms with van der Waals surface area (Å²) in [6.07, 6.45) is 8.46. The lowest BCUT2D eigenvalue weighted by Gasteiger charge is -2.38. The Kier molecular flexibility index (Phi) is 3.90. The molecular weight excluding hydrogens is 236 g/mol. The fourth-order valence-electron chi connectivity index (χ4n) is 3.82. The third kappa shape index (κ3) is 2.56. The van der Waals surface area contributed by atoms with Crippen LogP contribution in [0.5, 0.6) is 0 Å². The molecule has 0 aromatic heterocycles. The lowest BCUT2D eigenvalue weighted by Crippen LogP contribution is -2.35. The van der Waals surface area contributed by atoms with Gasteiger partial charge in [-0.1, -0.05) is 24.3 Å². The molecule has 1 N–H and O–H groups in total. The first kappa shape index (κ1) is 13.1. The van der Waals surface area contributed by atoms with E-state index in [1.807, 2.05) is 0 Å². The Bertz CT molecular complexity index is 423. The third-order valence-corrected chi connectivity index (χ3v) is 4.96. The first-order valence-electron chi connectivity index (χ1n) is 7.65. The molecule has 2 unspecified atom stereocenters. The minimum Gasteiger partial charge on any atom is -0.395 e. The number of benzene rings is 1. The summed E-state index contributed by atoms with van der Waals surface area (Å²) in [4.78, 5) is 0. The van der Waals surface area contributed by atoms with E-state index in [1.54, 1.807) is 0 Å². The minimum atomic E-state index is -0.0131. The van der Waals surface area contributed by atoms with Gasteiger partial charge in [0.15, 0.2) is 0 Å². The Balaban J connectivity index is 1.78. The molecule has 0 amide bonds. The van der Waals surface area contributed by atoms with Crippen molar-refractivity contribution in [3.05, 3.63) is 35.4 Å². The van der Waals surface area contributed by atoms with Crippen LogP contribution in [-0.4, -0.2) is 24.4 Å². The van der Waals surface area contributed by atoms with Crippen molar-refractivity contribution in [3.63, 3.8) is 0 Å². The van der Waals surface area contributed by atoms with Gasteiger partial charge in [0, 0.05) is 12.0 Å². The number of hydrogen-bond acceptors (Lipinski definition) is 2. The van der Waals surface area contributed by atoms with Crippen molar-refractivity contribution in [2.24, 2.45) is 0 Å². The maximum Gasteiger partial charge on any atom is 0.0576 e. The molecule has 1 aliphatic carbocycles. The second-order valence-corrected chi connectivity index (χ2v) is 6.12. The standard InChI is InChI=1S/C17H24O2/c18-13-17(11-9-15-7-4-12-19-15)10-3-6-14-5-1-2-8-16(14)17/h1-2,5,8,15,18H,3-4,6-7,9-13H2. The van der Waals surface area contributed by atoms with Crippen molar-refractivity contribution < 1.29 is 9.84 Å². The number of aryl methyl sites for hydroxylation is 1. The van der Waals surface area contributed by atoms with Gasteiger partial charge in [0.1, 0.15) is 0 Å². The number of rotatable bonds is 4. The highest BCUT2D eigenvalue weighted by atomic mass is 16.5. The Morgan fingerprint density at radius 1 is 1.26 bits per heavy atom. The molecule has 19 heavy (non-hydrogen) atoms. The normalized spacial score (nSPS) is 30.3. The predicted octanol–water partition coefficient (Wildman–Crippen LogP) is 3.21. The van der Waals surface area contributed by atoms with Crippen molar-refractivity contribution in [1.82, 2.24) is 0 Å². The first-order chi connectivity index (χ1) is 9.34. The zero-order chi connectivity index (χ0) is 13.1. The van der Waals surface area contributed by atoms with Gasteiger partial charge in [0.2, 0.25) is 0 Å². The predicted molar refractivity (Wildman–Crippen MR) is 76.4 cm³/mol. The van der Waals surface area contributed by atoms with Crippen LogP contribution in [0.25, 0.3) is 0 Å². The van der Waals surface area contributed by atoms with E-state index in [1.165, 1.54) is 30.4 Å². The molecule has 2 nitrogen and oxygen atoms in total. The second kappa shape index (κ2) is 5.64. The van der Waals surface area contributed by atoms with Crippen molar-refractivity contribution in [2.45, 2.75) is 56.5 Å². The topological polar surface area (TPSA) is 29.5 Å². The lowest BCUT2D eigenvalue weighted by atomic mass is 9.67. The first-order valence-corrected chi connectivity index (χ1v) is 7.65. The van der Waals surface area contributed by atoms with Gasteiger partial charge in [-0.2, -0.15) is 0 Å². The average molecular weight is 260 g/mol. The molecule has 2 aliphatic rings. The molecule has 2 heteroatoms. The fourth-order valence-corrected chi connectivity index (χ4v) is 3.82. The summed E-state index contributed by atoms with van der Waals surface area (Å²) >= 11 is 0. The molecule has 0 bridgehead atoms. The van der Waals surface area contributed by atoms with Crippen molar-refractivity contribution in [2.75, 3.05) is 13.2 Å². The van der Waals surface area contributed by atoms with Crippen LogP contribution in [0.4, 0.5) is 0 Å². The molecule has 3 rings (SSSR count). The van der Waals surface area contributed by atoms with Crippen LogP contribution in [0.3, 0.4) is 0 Å². The Morgan fingerprint density at radius 2 is 2.16 bits per heavy atom. The molecule has 1 aromatic rings. The van der Waals surface area contributed by atoms with E-state index in [-0.39, 0.29) is 12.0 Å². The van der Waals surface area contributed by atoms with Gasteiger partial charge < -0.3 is 9.84 Å². The SMILES string of the molecule is OCC1(CCC2CCCO2)CCCc2ccccc21. The molecule has 1 fully saturated rings. The summed E-state index contributed by atoms with van der Waals surface area (Å²) in [7, 11) is 0. The molecule has 1 aliphatic heterocycles. The van der Waals surface area contributed by atoms with E-state index in [0.717, 1.165) is 32.3 Å². The quantitative estimate of drug-likeness (QED) is 0.900. The van der Waals surface area contributed by atoms with Crippen LogP contribution in [0.1, 0.15) is 49.7 Å². The number of aliphatic hydroxyl groups is 1. The monoisotopic (exact) mass is 260 g/mol. The van der Waals surface area contributed by atoms with Crippen molar-refractivity contribution in [3.8, 4) is 0 Å². The maximum absolute atomic E-state index is 10.0. The van der Waals surface area contributed by atoms with Crippen LogP contribution < -0.4 is 0 Å². The van der Waals surface area contributed by atoms with E-state index in [4.69, 9.17) is 4.74 Å². The van der Waals surface area contributed by atoms with Crippen LogP contribution in [0.15, 0.2) is 24.3 Å². The number of fused-ring (bicyclic) bond motifs is 1. The van der Waals surface area contributed by atoms with Crippen molar-refractivity contribution >= 4 is 0 Å². The Labute approximate surface area is 115 Å². The van der Waals surface area contributed by atoms with Gasteiger partial charge in [-0.15, -0.1) is 0 Å². The molecule has 1 heterocycles. The maximum atomic E-state index is 10.0. The summed E-state index contributed by atoms with van der Waals surface area (Å²) < 4.78 is 5.74. The summed E-state index contributed by atoms with van der Waals surface area (Å²) in [5.41, 5.74) is 2.82. The van der Waals surface area contributed by atoms with Crippen LogP contribution in [-0.2, 0) is 16.6 Å². The molecular formula is C17H24O2. The van der Waals surface area contributed by atoms with E-state index in [2.05, 4.69) is 24.3 Å². The molecule has 104 valence electrons. The zero-order valence-electron chi connectivity index (χ0n) is 11.6. The van der Waals surface area contributed by atoms with Gasteiger partial charge >= 0.3 is 0 Å². The fraction of sp³-hybridized carbons (Fsp3) is 0.647. The molecule has 0 radical (unpaired) electrons. The molecule has 0 saturated carbocycles. The van der Waals surface area contributed by atoms with Gasteiger partial charge in [0.05, 0.1) is 12.7 Å². The summed E-state index contributed by atoms with van der Waals surface area (Å²) in [6.45, 7) is 1.20. The van der Waals surface area contributed by atoms with Crippen LogP contribution in [0, 0.1) is 0 Å². The number of hydrogen-bond donors (Lipinski definition) is 1. The molecule has 2 atom stereocenters. The van der Waals surface area contributed by atoms with Crippen LogP contribution >= 0.6 is 0 Å². The molecule has 0 spiro atoms. The summed E-state index contributed by atoms with van der Waals surface area (Å²) in [5, 5.41) is 10.0. The minimum absolute atomic E-state index is 0.0131. The highest BCUT2D eigenvalue weighted by molar-refractivity contribution is 5.37. The highest BCUT2D eigenvalue weighted by Gasteiger charge is 2.36. The Morgan fingerprint density at radius 3 is 2.95 bits per heavy atom. The zero-order valence-corrected chi connectivity index (χ0v) is 11.6. The second-order valence-electron chi connectivity index (χ2n) is 6.12. The summed E-state index contributed by atoms with van der Waals surface area (Å²) in [6, 6.07) is 8.68. The summed E-state index contributed by atoms with van der Waals surface area (Å²) in [5.74, 6) is 0. The van der Waals surface area contributed by atoms with Gasteiger partial charge in [-0.25, -0.2) is 0 Å². The van der Waals surface area contributed by atoms with E-state index in [0.29, 0.717) is 6.10 Å². The van der Waals surface area contributed by atoms with Gasteiger partial charge in [0.25, 0.3) is 0 Å². The third-order valence-electron chi connectivity index (χ3n) is 4.96. The van der Waals surface area contributed by atoms with E-state index < -0.39 is 0 Å². The number of ether oxygens (including phenoxy) is 1. The van der Waals surface area contributed by atoms with Gasteiger partial charge in [-0.05, 0) is 56.1 Å². The van der Waals surface area contributed by atoms with Crippen molar-refractivity contribution in [1.29, 1.82) is 0 Å². The van der Waals surface area contributed by atoms with Gasteiger partial charge in [-0.3, -0.25) is 0 Å². The largest absolute Gasteiger partial charge is 0.395 e. The van der Waals surface area contributed by atoms with E-state index >= 15 is 0 Å². The lowest BCUT2D eigenvalue weighted by molar-refractivity contribution is 0.0836. The molecule has 1 aromatic carbocycles. The van der Waals surface area contributed by atoms with E-state index in [9.17, 15) is 5.11 Å². The number of aliphatic hydroxyl groups excluding tert-OH is 1. The smallest absolute Gasteiger partial charge is 0.0576 e.